The average Bonchev–Trinajstić information content (AvgIpc) is 2.43. The first-order valence-corrected chi connectivity index (χ1v) is 8.68. The molecule has 0 saturated carbocycles. The summed E-state index contributed by atoms with van der Waals surface area (Å²) in [6, 6.07) is 0. The summed E-state index contributed by atoms with van der Waals surface area (Å²) in [6.07, 6.45) is 27.1. The van der Waals surface area contributed by atoms with Crippen LogP contribution in [0.2, 0.25) is 0 Å². The predicted molar refractivity (Wildman–Crippen MR) is 89.6 cm³/mol. The maximum Gasteiger partial charge on any atom is -0.0169 e. The number of rotatable bonds is 14. The van der Waals surface area contributed by atoms with E-state index in [0.29, 0.717) is 0 Å². The maximum atomic E-state index is 2.34. The standard InChI is InChI=1S/C19H36/c1-3-5-7-9-11-13-15-17-19-18-16-14-12-10-8-6-4-2/h3,5,9,11H,4,6-8,10,12-19H2,1-2H3. The van der Waals surface area contributed by atoms with Crippen LogP contribution >= 0.6 is 0 Å². The van der Waals surface area contributed by atoms with Gasteiger partial charge in [-0.25, -0.2) is 0 Å². The summed E-state index contributed by atoms with van der Waals surface area (Å²) in [4.78, 5) is 0. The first-order valence-electron chi connectivity index (χ1n) is 8.68. The second-order valence-corrected chi connectivity index (χ2v) is 5.60. The monoisotopic (exact) mass is 264 g/mol. The highest BCUT2D eigenvalue weighted by Crippen LogP contribution is 2.12. The van der Waals surface area contributed by atoms with Gasteiger partial charge < -0.3 is 0 Å². The Kier molecular flexibility index (Phi) is 17.0. The van der Waals surface area contributed by atoms with Crippen LogP contribution in [0.3, 0.4) is 0 Å². The van der Waals surface area contributed by atoms with E-state index in [9.17, 15) is 0 Å². The topological polar surface area (TPSA) is 0 Å². The Hall–Kier alpha value is -0.520. The quantitative estimate of drug-likeness (QED) is 0.230. The molecule has 0 aromatic heterocycles. The fraction of sp³-hybridized carbons (Fsp3) is 0.789. The van der Waals surface area contributed by atoms with Crippen LogP contribution in [-0.2, 0) is 0 Å². The molecule has 19 heavy (non-hydrogen) atoms. The van der Waals surface area contributed by atoms with Crippen LogP contribution in [0, 0.1) is 0 Å². The van der Waals surface area contributed by atoms with E-state index in [1.807, 2.05) is 0 Å². The van der Waals surface area contributed by atoms with Crippen LogP contribution in [0.15, 0.2) is 24.3 Å². The van der Waals surface area contributed by atoms with Gasteiger partial charge in [0.25, 0.3) is 0 Å². The van der Waals surface area contributed by atoms with E-state index in [4.69, 9.17) is 0 Å². The number of hydrogen-bond donors (Lipinski definition) is 0. The summed E-state index contributed by atoms with van der Waals surface area (Å²) in [5, 5.41) is 0. The average molecular weight is 264 g/mol. The van der Waals surface area contributed by atoms with Crippen molar-refractivity contribution in [2.45, 2.75) is 97.3 Å². The van der Waals surface area contributed by atoms with Gasteiger partial charge in [-0.15, -0.1) is 0 Å². The fourth-order valence-corrected chi connectivity index (χ4v) is 2.36. The molecule has 0 unspecified atom stereocenters. The molecule has 0 aliphatic carbocycles. The predicted octanol–water partition coefficient (Wildman–Crippen LogP) is 7.21. The Bertz CT molecular complexity index is 200. The first-order chi connectivity index (χ1) is 9.41. The minimum atomic E-state index is 1.11. The van der Waals surface area contributed by atoms with Crippen LogP contribution in [-0.4, -0.2) is 0 Å². The zero-order chi connectivity index (χ0) is 14.0. The molecule has 0 bridgehead atoms. The van der Waals surface area contributed by atoms with Gasteiger partial charge in [0.2, 0.25) is 0 Å². The van der Waals surface area contributed by atoms with Crippen molar-refractivity contribution >= 4 is 0 Å². The van der Waals surface area contributed by atoms with Crippen LogP contribution in [0.5, 0.6) is 0 Å². The summed E-state index contributed by atoms with van der Waals surface area (Å²) in [7, 11) is 0. The Morgan fingerprint density at radius 2 is 1.11 bits per heavy atom. The molecule has 0 heterocycles. The molecule has 0 N–H and O–H groups in total. The molecule has 0 aromatic carbocycles. The molecular weight excluding hydrogens is 228 g/mol. The zero-order valence-electron chi connectivity index (χ0n) is 13.5. The van der Waals surface area contributed by atoms with Gasteiger partial charge in [0.1, 0.15) is 0 Å². The second kappa shape index (κ2) is 17.5. The zero-order valence-corrected chi connectivity index (χ0v) is 13.5. The van der Waals surface area contributed by atoms with Crippen LogP contribution in [0.1, 0.15) is 97.3 Å². The fourth-order valence-electron chi connectivity index (χ4n) is 2.36. The largest absolute Gasteiger partial charge is 0.0914 e. The van der Waals surface area contributed by atoms with Crippen molar-refractivity contribution in [3.63, 3.8) is 0 Å². The molecule has 0 heteroatoms. The Morgan fingerprint density at radius 1 is 0.579 bits per heavy atom. The number of allylic oxidation sites excluding steroid dienone is 4. The van der Waals surface area contributed by atoms with Crippen LogP contribution < -0.4 is 0 Å². The molecule has 0 rings (SSSR count). The van der Waals surface area contributed by atoms with Gasteiger partial charge in [0, 0.05) is 0 Å². The van der Waals surface area contributed by atoms with Gasteiger partial charge in [-0.1, -0.05) is 95.4 Å². The molecule has 0 radical (unpaired) electrons. The molecule has 0 amide bonds. The first kappa shape index (κ1) is 18.5. The molecule has 112 valence electrons. The minimum Gasteiger partial charge on any atom is -0.0914 e. The SMILES string of the molecule is CC=CCC=CCCCCCCCCCCCCC. The molecule has 0 aliphatic heterocycles. The van der Waals surface area contributed by atoms with Gasteiger partial charge in [0.05, 0.1) is 0 Å². The molecular formula is C19H36. The van der Waals surface area contributed by atoms with E-state index in [-0.39, 0.29) is 0 Å². The molecule has 0 spiro atoms. The molecule has 0 nitrogen and oxygen atoms in total. The van der Waals surface area contributed by atoms with Gasteiger partial charge in [-0.2, -0.15) is 0 Å². The lowest BCUT2D eigenvalue weighted by molar-refractivity contribution is 0.550. The summed E-state index contributed by atoms with van der Waals surface area (Å²) in [6.45, 7) is 4.37. The normalized spacial score (nSPS) is 11.9. The Labute approximate surface area is 122 Å². The number of unbranched alkanes of at least 4 members (excludes halogenated alkanes) is 11. The van der Waals surface area contributed by atoms with E-state index in [1.165, 1.54) is 77.0 Å². The van der Waals surface area contributed by atoms with E-state index < -0.39 is 0 Å². The van der Waals surface area contributed by atoms with Gasteiger partial charge in [-0.05, 0) is 26.2 Å². The highest BCUT2D eigenvalue weighted by molar-refractivity contribution is 4.91. The molecule has 0 saturated heterocycles. The third kappa shape index (κ3) is 17.5. The van der Waals surface area contributed by atoms with Crippen molar-refractivity contribution in [2.24, 2.45) is 0 Å². The van der Waals surface area contributed by atoms with Crippen molar-refractivity contribution in [3.05, 3.63) is 24.3 Å². The highest BCUT2D eigenvalue weighted by atomic mass is 14.0. The summed E-state index contributed by atoms with van der Waals surface area (Å²) in [5.74, 6) is 0. The van der Waals surface area contributed by atoms with E-state index in [0.717, 1.165) is 6.42 Å². The molecule has 0 atom stereocenters. The van der Waals surface area contributed by atoms with Crippen molar-refractivity contribution in [1.29, 1.82) is 0 Å². The molecule has 0 aliphatic rings. The van der Waals surface area contributed by atoms with Crippen molar-refractivity contribution in [1.82, 2.24) is 0 Å². The Morgan fingerprint density at radius 3 is 1.63 bits per heavy atom. The Balaban J connectivity index is 3.00. The maximum absolute atomic E-state index is 2.34. The lowest BCUT2D eigenvalue weighted by Gasteiger charge is -2.01. The van der Waals surface area contributed by atoms with E-state index in [2.05, 4.69) is 38.2 Å². The van der Waals surface area contributed by atoms with Gasteiger partial charge >= 0.3 is 0 Å². The van der Waals surface area contributed by atoms with Crippen molar-refractivity contribution in [3.8, 4) is 0 Å². The second-order valence-electron chi connectivity index (χ2n) is 5.60. The van der Waals surface area contributed by atoms with Crippen molar-refractivity contribution < 1.29 is 0 Å². The molecule has 0 aromatic rings. The third-order valence-electron chi connectivity index (χ3n) is 3.65. The third-order valence-corrected chi connectivity index (χ3v) is 3.65. The van der Waals surface area contributed by atoms with Crippen LogP contribution in [0.4, 0.5) is 0 Å². The smallest absolute Gasteiger partial charge is 0.0169 e. The van der Waals surface area contributed by atoms with Gasteiger partial charge in [0.15, 0.2) is 0 Å². The lowest BCUT2D eigenvalue weighted by Crippen LogP contribution is -1.81. The number of hydrogen-bond acceptors (Lipinski definition) is 0. The minimum absolute atomic E-state index is 1.11. The summed E-state index contributed by atoms with van der Waals surface area (Å²) in [5.41, 5.74) is 0. The molecule has 0 fully saturated rings. The lowest BCUT2D eigenvalue weighted by atomic mass is 10.1. The van der Waals surface area contributed by atoms with Gasteiger partial charge in [-0.3, -0.25) is 0 Å². The van der Waals surface area contributed by atoms with Crippen molar-refractivity contribution in [2.75, 3.05) is 0 Å². The van der Waals surface area contributed by atoms with E-state index >= 15 is 0 Å². The highest BCUT2D eigenvalue weighted by Gasteiger charge is 1.92. The van der Waals surface area contributed by atoms with E-state index in [1.54, 1.807) is 0 Å². The van der Waals surface area contributed by atoms with Crippen LogP contribution in [0.25, 0.3) is 0 Å². The summed E-state index contributed by atoms with van der Waals surface area (Å²) >= 11 is 0. The summed E-state index contributed by atoms with van der Waals surface area (Å²) < 4.78 is 0.